The van der Waals surface area contributed by atoms with E-state index in [0.29, 0.717) is 5.75 Å². The number of aryl methyl sites for hydroxylation is 2. The van der Waals surface area contributed by atoms with Crippen molar-refractivity contribution in [1.29, 1.82) is 0 Å². The van der Waals surface area contributed by atoms with Crippen molar-refractivity contribution in [2.45, 2.75) is 33.4 Å². The van der Waals surface area contributed by atoms with Gasteiger partial charge in [0, 0.05) is 35.0 Å². The van der Waals surface area contributed by atoms with E-state index < -0.39 is 0 Å². The number of methoxy groups -OCH3 is 1. The molecule has 3 nitrogen and oxygen atoms in total. The maximum absolute atomic E-state index is 9.96. The molecular formula is C17H21NO2S. The molecule has 1 N–H and O–H groups in total. The number of phenols is 1. The molecule has 112 valence electrons. The number of nitrogens with zero attached hydrogens (tertiary/aromatic N) is 1. The minimum Gasteiger partial charge on any atom is -0.504 e. The predicted octanol–water partition coefficient (Wildman–Crippen LogP) is 3.64. The summed E-state index contributed by atoms with van der Waals surface area (Å²) in [6, 6.07) is 5.96. The summed E-state index contributed by atoms with van der Waals surface area (Å²) < 4.78 is 5.40. The number of hydrogen-bond donors (Lipinski definition) is 1. The number of hydrogen-bond acceptors (Lipinski definition) is 4. The number of thiophene rings is 1. The molecule has 0 radical (unpaired) electrons. The molecular weight excluding hydrogens is 282 g/mol. The lowest BCUT2D eigenvalue weighted by Gasteiger charge is -2.28. The van der Waals surface area contributed by atoms with Crippen molar-refractivity contribution in [3.63, 3.8) is 0 Å². The Balaban J connectivity index is 1.84. The van der Waals surface area contributed by atoms with Gasteiger partial charge in [0.2, 0.25) is 0 Å². The Hall–Kier alpha value is -1.52. The quantitative estimate of drug-likeness (QED) is 0.939. The van der Waals surface area contributed by atoms with Gasteiger partial charge in [-0.3, -0.25) is 4.90 Å². The third-order valence-corrected chi connectivity index (χ3v) is 5.28. The second-order valence-corrected chi connectivity index (χ2v) is 7.02. The molecule has 0 amide bonds. The van der Waals surface area contributed by atoms with Crippen LogP contribution in [-0.4, -0.2) is 23.7 Å². The van der Waals surface area contributed by atoms with E-state index in [1.807, 2.05) is 17.4 Å². The summed E-state index contributed by atoms with van der Waals surface area (Å²) >= 11 is 1.92. The summed E-state index contributed by atoms with van der Waals surface area (Å²) in [6.07, 6.45) is 1.12. The summed E-state index contributed by atoms with van der Waals surface area (Å²) in [7, 11) is 1.62. The topological polar surface area (TPSA) is 32.7 Å². The molecule has 2 aromatic rings. The van der Waals surface area contributed by atoms with Gasteiger partial charge in [-0.25, -0.2) is 0 Å². The van der Waals surface area contributed by atoms with E-state index in [0.717, 1.165) is 37.2 Å². The zero-order valence-corrected chi connectivity index (χ0v) is 13.6. The zero-order chi connectivity index (χ0) is 15.0. The highest BCUT2D eigenvalue weighted by atomic mass is 32.1. The monoisotopic (exact) mass is 303 g/mol. The summed E-state index contributed by atoms with van der Waals surface area (Å²) in [5, 5.41) is 9.96. The lowest BCUT2D eigenvalue weighted by atomic mass is 10.0. The van der Waals surface area contributed by atoms with Gasteiger partial charge in [-0.2, -0.15) is 0 Å². The van der Waals surface area contributed by atoms with Crippen LogP contribution in [0.25, 0.3) is 0 Å². The van der Waals surface area contributed by atoms with Gasteiger partial charge in [-0.1, -0.05) is 6.07 Å². The molecule has 0 saturated carbocycles. The summed E-state index contributed by atoms with van der Waals surface area (Å²) in [6.45, 7) is 7.11. The van der Waals surface area contributed by atoms with Crippen LogP contribution in [0.2, 0.25) is 0 Å². The van der Waals surface area contributed by atoms with Crippen LogP contribution in [0.5, 0.6) is 11.5 Å². The smallest absolute Gasteiger partial charge is 0.165 e. The van der Waals surface area contributed by atoms with Crippen LogP contribution in [0.15, 0.2) is 18.2 Å². The largest absolute Gasteiger partial charge is 0.504 e. The Morgan fingerprint density at radius 3 is 2.90 bits per heavy atom. The van der Waals surface area contributed by atoms with Gasteiger partial charge in [0.15, 0.2) is 11.5 Å². The summed E-state index contributed by atoms with van der Waals surface area (Å²) in [5.41, 5.74) is 3.71. The van der Waals surface area contributed by atoms with Gasteiger partial charge >= 0.3 is 0 Å². The number of phenolic OH excluding ortho intramolecular Hbond substituents is 1. The second kappa shape index (κ2) is 5.70. The lowest BCUT2D eigenvalue weighted by molar-refractivity contribution is 0.242. The molecule has 0 bridgehead atoms. The average molecular weight is 303 g/mol. The zero-order valence-electron chi connectivity index (χ0n) is 12.8. The van der Waals surface area contributed by atoms with Gasteiger partial charge in [0.25, 0.3) is 0 Å². The van der Waals surface area contributed by atoms with Crippen molar-refractivity contribution in [3.05, 3.63) is 44.6 Å². The van der Waals surface area contributed by atoms with Crippen LogP contribution >= 0.6 is 11.3 Å². The molecule has 1 aliphatic heterocycles. The molecule has 0 unspecified atom stereocenters. The van der Waals surface area contributed by atoms with E-state index >= 15 is 0 Å². The average Bonchev–Trinajstić information content (AvgIpc) is 2.82. The van der Waals surface area contributed by atoms with Crippen molar-refractivity contribution >= 4 is 11.3 Å². The molecule has 0 aliphatic carbocycles. The fourth-order valence-electron chi connectivity index (χ4n) is 3.04. The molecule has 0 atom stereocenters. The number of rotatable bonds is 3. The SMILES string of the molecule is COc1c(O)ccc(C)c1CN1CCc2sc(C)cc2C1. The highest BCUT2D eigenvalue weighted by Crippen LogP contribution is 2.35. The van der Waals surface area contributed by atoms with Crippen LogP contribution in [0, 0.1) is 13.8 Å². The molecule has 4 heteroatoms. The Bertz CT molecular complexity index is 663. The standard InChI is InChI=1S/C17H21NO2S/c1-11-4-5-15(19)17(20-3)14(11)10-18-7-6-16-13(9-18)8-12(2)21-16/h4-5,8,19H,6-7,9-10H2,1-3H3. The van der Waals surface area contributed by atoms with E-state index in [1.54, 1.807) is 13.2 Å². The minimum atomic E-state index is 0.224. The van der Waals surface area contributed by atoms with Crippen LogP contribution in [-0.2, 0) is 19.5 Å². The molecule has 0 saturated heterocycles. The molecule has 1 aromatic heterocycles. The lowest BCUT2D eigenvalue weighted by Crippen LogP contribution is -2.29. The maximum Gasteiger partial charge on any atom is 0.165 e. The molecule has 0 fully saturated rings. The van der Waals surface area contributed by atoms with E-state index in [4.69, 9.17) is 4.74 Å². The van der Waals surface area contributed by atoms with Gasteiger partial charge in [-0.05, 0) is 43.5 Å². The Kier molecular flexibility index (Phi) is 3.91. The fraction of sp³-hybridized carbons (Fsp3) is 0.412. The first kappa shape index (κ1) is 14.4. The van der Waals surface area contributed by atoms with Crippen molar-refractivity contribution in [1.82, 2.24) is 4.90 Å². The third kappa shape index (κ3) is 2.78. The molecule has 2 heterocycles. The van der Waals surface area contributed by atoms with Crippen LogP contribution in [0.4, 0.5) is 0 Å². The minimum absolute atomic E-state index is 0.224. The summed E-state index contributed by atoms with van der Waals surface area (Å²) in [5.74, 6) is 0.837. The molecule has 3 rings (SSSR count). The van der Waals surface area contributed by atoms with E-state index in [-0.39, 0.29) is 5.75 Å². The number of aromatic hydroxyl groups is 1. The van der Waals surface area contributed by atoms with Crippen LogP contribution in [0.3, 0.4) is 0 Å². The second-order valence-electron chi connectivity index (χ2n) is 5.68. The van der Waals surface area contributed by atoms with Gasteiger partial charge < -0.3 is 9.84 Å². The first-order valence-corrected chi connectivity index (χ1v) is 8.06. The molecule has 1 aliphatic rings. The predicted molar refractivity (Wildman–Crippen MR) is 86.3 cm³/mol. The van der Waals surface area contributed by atoms with Crippen molar-refractivity contribution in [2.75, 3.05) is 13.7 Å². The number of ether oxygens (including phenoxy) is 1. The van der Waals surface area contributed by atoms with E-state index in [1.165, 1.54) is 15.3 Å². The normalized spacial score (nSPS) is 15.0. The maximum atomic E-state index is 9.96. The first-order chi connectivity index (χ1) is 10.1. The van der Waals surface area contributed by atoms with Crippen molar-refractivity contribution in [3.8, 4) is 11.5 Å². The third-order valence-electron chi connectivity index (χ3n) is 4.13. The fourth-order valence-corrected chi connectivity index (χ4v) is 4.07. The first-order valence-electron chi connectivity index (χ1n) is 7.24. The van der Waals surface area contributed by atoms with Crippen LogP contribution < -0.4 is 4.74 Å². The van der Waals surface area contributed by atoms with Crippen LogP contribution in [0.1, 0.15) is 26.4 Å². The van der Waals surface area contributed by atoms with Gasteiger partial charge in [0.1, 0.15) is 0 Å². The molecule has 21 heavy (non-hydrogen) atoms. The van der Waals surface area contributed by atoms with Crippen molar-refractivity contribution in [2.24, 2.45) is 0 Å². The van der Waals surface area contributed by atoms with Crippen molar-refractivity contribution < 1.29 is 9.84 Å². The Morgan fingerprint density at radius 1 is 1.33 bits per heavy atom. The van der Waals surface area contributed by atoms with Gasteiger partial charge in [0.05, 0.1) is 7.11 Å². The van der Waals surface area contributed by atoms with Gasteiger partial charge in [-0.15, -0.1) is 11.3 Å². The highest BCUT2D eigenvalue weighted by Gasteiger charge is 2.21. The Labute approximate surface area is 129 Å². The van der Waals surface area contributed by atoms with E-state index in [9.17, 15) is 5.11 Å². The summed E-state index contributed by atoms with van der Waals surface area (Å²) in [4.78, 5) is 5.36. The Morgan fingerprint density at radius 2 is 2.14 bits per heavy atom. The molecule has 0 spiro atoms. The van der Waals surface area contributed by atoms with E-state index in [2.05, 4.69) is 24.8 Å². The molecule has 1 aromatic carbocycles. The number of benzene rings is 1. The highest BCUT2D eigenvalue weighted by molar-refractivity contribution is 7.12. The number of fused-ring (bicyclic) bond motifs is 1.